The van der Waals surface area contributed by atoms with E-state index in [4.69, 9.17) is 19.9 Å². The van der Waals surface area contributed by atoms with Gasteiger partial charge >= 0.3 is 5.69 Å². The number of rotatable bonds is 8. The number of aromatic amines is 2. The molecule has 3 atom stereocenters. The van der Waals surface area contributed by atoms with Crippen molar-refractivity contribution in [2.24, 2.45) is 0 Å². The van der Waals surface area contributed by atoms with Gasteiger partial charge in [-0.25, -0.2) is 9.36 Å². The molecule has 1 aliphatic heterocycles. The summed E-state index contributed by atoms with van der Waals surface area (Å²) in [7, 11) is 0. The monoisotopic (exact) mass is 367 g/mol. The lowest BCUT2D eigenvalue weighted by Crippen LogP contribution is -2.29. The Labute approximate surface area is 149 Å². The van der Waals surface area contributed by atoms with Crippen molar-refractivity contribution in [3.05, 3.63) is 20.8 Å². The van der Waals surface area contributed by atoms with Crippen LogP contribution in [-0.2, 0) is 14.2 Å². The SMILES string of the molecule is CCCOC[C@H]1O[C@@H](n2c(=O)[nH]c3c(=O)[nH]c(N)nc32)CC1OCCC. The molecular formula is C16H25N5O5. The van der Waals surface area contributed by atoms with Crippen molar-refractivity contribution in [1.82, 2.24) is 19.5 Å². The molecule has 10 nitrogen and oxygen atoms in total. The molecule has 2 aromatic heterocycles. The van der Waals surface area contributed by atoms with E-state index in [0.717, 1.165) is 12.8 Å². The quantitative estimate of drug-likeness (QED) is 0.578. The van der Waals surface area contributed by atoms with Crippen LogP contribution >= 0.6 is 0 Å². The lowest BCUT2D eigenvalue weighted by atomic mass is 10.2. The van der Waals surface area contributed by atoms with Crippen molar-refractivity contribution in [1.29, 1.82) is 0 Å². The van der Waals surface area contributed by atoms with Crippen LogP contribution in [0.5, 0.6) is 0 Å². The zero-order valence-electron chi connectivity index (χ0n) is 15.0. The number of nitrogens with two attached hydrogens (primary N) is 1. The Hall–Kier alpha value is -2.17. The molecule has 1 unspecified atom stereocenters. The van der Waals surface area contributed by atoms with Gasteiger partial charge in [-0.3, -0.25) is 14.8 Å². The minimum absolute atomic E-state index is 0.0603. The number of aromatic nitrogens is 4. The summed E-state index contributed by atoms with van der Waals surface area (Å²) in [5.41, 5.74) is 4.90. The molecule has 0 saturated carbocycles. The maximum absolute atomic E-state index is 12.4. The van der Waals surface area contributed by atoms with E-state index in [2.05, 4.69) is 15.0 Å². The largest absolute Gasteiger partial charge is 0.379 e. The molecule has 0 radical (unpaired) electrons. The Morgan fingerprint density at radius 3 is 2.77 bits per heavy atom. The number of H-pyrrole nitrogens is 2. The maximum Gasteiger partial charge on any atom is 0.329 e. The van der Waals surface area contributed by atoms with Crippen molar-refractivity contribution in [3.63, 3.8) is 0 Å². The highest BCUT2D eigenvalue weighted by Crippen LogP contribution is 2.31. The second-order valence-electron chi connectivity index (χ2n) is 6.30. The van der Waals surface area contributed by atoms with E-state index in [1.165, 1.54) is 4.57 Å². The molecule has 2 aromatic rings. The standard InChI is InChI=1S/C16H25N5O5/c1-3-5-24-8-10-9(25-6-4-2)7-11(26-10)21-13-12(18-16(21)23)14(22)20-15(17)19-13/h9-11H,3-8H2,1-2H3,(H,18,23)(H3,17,19,20,22)/t9?,10-,11-/m1/s1. The maximum atomic E-state index is 12.4. The van der Waals surface area contributed by atoms with Crippen molar-refractivity contribution < 1.29 is 14.2 Å². The first-order chi connectivity index (χ1) is 12.5. The highest BCUT2D eigenvalue weighted by molar-refractivity contribution is 5.70. The number of fused-ring (bicyclic) bond motifs is 1. The van der Waals surface area contributed by atoms with E-state index in [0.29, 0.717) is 26.2 Å². The predicted molar refractivity (Wildman–Crippen MR) is 95.1 cm³/mol. The Bertz CT molecular complexity index is 857. The summed E-state index contributed by atoms with van der Waals surface area (Å²) in [6.07, 6.45) is 1.14. The first kappa shape index (κ1) is 18.6. The average Bonchev–Trinajstić information content (AvgIpc) is 3.13. The molecule has 0 amide bonds. The van der Waals surface area contributed by atoms with Crippen LogP contribution in [0.2, 0.25) is 0 Å². The van der Waals surface area contributed by atoms with E-state index in [9.17, 15) is 9.59 Å². The summed E-state index contributed by atoms with van der Waals surface area (Å²) in [5, 5.41) is 0. The Balaban J connectivity index is 1.89. The smallest absolute Gasteiger partial charge is 0.329 e. The van der Waals surface area contributed by atoms with Crippen LogP contribution in [0.1, 0.15) is 39.3 Å². The van der Waals surface area contributed by atoms with Gasteiger partial charge < -0.3 is 19.9 Å². The summed E-state index contributed by atoms with van der Waals surface area (Å²) in [6, 6.07) is 0. The van der Waals surface area contributed by atoms with Gasteiger partial charge in [0.2, 0.25) is 5.95 Å². The second kappa shape index (κ2) is 8.02. The summed E-state index contributed by atoms with van der Waals surface area (Å²) < 4.78 is 18.8. The molecular weight excluding hydrogens is 342 g/mol. The number of nitrogens with zero attached hydrogens (tertiary/aromatic N) is 2. The lowest BCUT2D eigenvalue weighted by Gasteiger charge is -2.18. The molecule has 3 heterocycles. The van der Waals surface area contributed by atoms with Crippen molar-refractivity contribution in [3.8, 4) is 0 Å². The van der Waals surface area contributed by atoms with E-state index in [1.807, 2.05) is 13.8 Å². The third-order valence-electron chi connectivity index (χ3n) is 4.23. The summed E-state index contributed by atoms with van der Waals surface area (Å²) >= 11 is 0. The van der Waals surface area contributed by atoms with Gasteiger partial charge in [0.05, 0.1) is 12.7 Å². The first-order valence-corrected chi connectivity index (χ1v) is 8.89. The molecule has 26 heavy (non-hydrogen) atoms. The van der Waals surface area contributed by atoms with Crippen LogP contribution in [-0.4, -0.2) is 51.5 Å². The molecule has 144 valence electrons. The zero-order valence-corrected chi connectivity index (χ0v) is 15.0. The van der Waals surface area contributed by atoms with Gasteiger partial charge in [-0.2, -0.15) is 4.98 Å². The van der Waals surface area contributed by atoms with E-state index in [1.54, 1.807) is 0 Å². The number of nitrogens with one attached hydrogen (secondary N) is 2. The summed E-state index contributed by atoms with van der Waals surface area (Å²) in [5.74, 6) is -0.0603. The Kier molecular flexibility index (Phi) is 5.74. The minimum atomic E-state index is -0.609. The second-order valence-corrected chi connectivity index (χ2v) is 6.30. The molecule has 0 aromatic carbocycles. The van der Waals surface area contributed by atoms with Gasteiger partial charge in [0, 0.05) is 19.6 Å². The lowest BCUT2D eigenvalue weighted by molar-refractivity contribution is -0.0761. The Morgan fingerprint density at radius 1 is 1.27 bits per heavy atom. The van der Waals surface area contributed by atoms with Gasteiger partial charge in [-0.15, -0.1) is 0 Å². The molecule has 3 rings (SSSR count). The Morgan fingerprint density at radius 2 is 2.04 bits per heavy atom. The van der Waals surface area contributed by atoms with Crippen LogP contribution in [0.25, 0.3) is 11.2 Å². The number of ether oxygens (including phenoxy) is 3. The third-order valence-corrected chi connectivity index (χ3v) is 4.23. The van der Waals surface area contributed by atoms with Gasteiger partial charge in [0.1, 0.15) is 12.3 Å². The highest BCUT2D eigenvalue weighted by atomic mass is 16.6. The van der Waals surface area contributed by atoms with Gasteiger partial charge in [-0.1, -0.05) is 13.8 Å². The number of hydrogen-bond acceptors (Lipinski definition) is 7. The van der Waals surface area contributed by atoms with E-state index < -0.39 is 17.5 Å². The fourth-order valence-electron chi connectivity index (χ4n) is 3.09. The molecule has 0 bridgehead atoms. The van der Waals surface area contributed by atoms with Crippen LogP contribution < -0.4 is 17.0 Å². The van der Waals surface area contributed by atoms with Crippen LogP contribution in [0.3, 0.4) is 0 Å². The number of imidazole rings is 1. The number of anilines is 1. The molecule has 1 aliphatic rings. The van der Waals surface area contributed by atoms with Gasteiger partial charge in [0.25, 0.3) is 5.56 Å². The molecule has 0 spiro atoms. The van der Waals surface area contributed by atoms with E-state index in [-0.39, 0.29) is 29.3 Å². The van der Waals surface area contributed by atoms with Crippen molar-refractivity contribution in [2.75, 3.05) is 25.6 Å². The predicted octanol–water partition coefficient (Wildman–Crippen LogP) is 0.504. The normalized spacial score (nSPS) is 23.1. The molecule has 4 N–H and O–H groups in total. The fourth-order valence-corrected chi connectivity index (χ4v) is 3.09. The third kappa shape index (κ3) is 3.67. The summed E-state index contributed by atoms with van der Waals surface area (Å²) in [6.45, 7) is 5.66. The van der Waals surface area contributed by atoms with Gasteiger partial charge in [0.15, 0.2) is 11.2 Å². The minimum Gasteiger partial charge on any atom is -0.379 e. The number of hydrogen-bond donors (Lipinski definition) is 3. The fraction of sp³-hybridized carbons (Fsp3) is 0.688. The zero-order chi connectivity index (χ0) is 18.7. The van der Waals surface area contributed by atoms with Crippen molar-refractivity contribution in [2.45, 2.75) is 51.5 Å². The highest BCUT2D eigenvalue weighted by Gasteiger charge is 2.38. The van der Waals surface area contributed by atoms with Crippen LogP contribution in [0.15, 0.2) is 9.59 Å². The van der Waals surface area contributed by atoms with Crippen molar-refractivity contribution >= 4 is 17.1 Å². The molecule has 1 fully saturated rings. The first-order valence-electron chi connectivity index (χ1n) is 8.89. The average molecular weight is 367 g/mol. The summed E-state index contributed by atoms with van der Waals surface area (Å²) in [4.78, 5) is 33.4. The van der Waals surface area contributed by atoms with Crippen LogP contribution in [0.4, 0.5) is 5.95 Å². The van der Waals surface area contributed by atoms with Gasteiger partial charge in [-0.05, 0) is 12.8 Å². The number of nitrogen functional groups attached to an aromatic ring is 1. The molecule has 0 aliphatic carbocycles. The molecule has 1 saturated heterocycles. The van der Waals surface area contributed by atoms with Crippen LogP contribution in [0, 0.1) is 0 Å². The molecule has 10 heteroatoms. The van der Waals surface area contributed by atoms with E-state index >= 15 is 0 Å². The topological polar surface area (TPSA) is 137 Å².